The highest BCUT2D eigenvalue weighted by Gasteiger charge is 2.67. The summed E-state index contributed by atoms with van der Waals surface area (Å²) in [5, 5.41) is 2.48. The molecule has 1 amide bonds. The highest BCUT2D eigenvalue weighted by Crippen LogP contribution is 2.69. The average Bonchev–Trinajstić information content (AvgIpc) is 3.41. The van der Waals surface area contributed by atoms with Crippen LogP contribution in [0.25, 0.3) is 0 Å². The first-order valence-electron chi connectivity index (χ1n) is 19.1. The fourth-order valence-electron chi connectivity index (χ4n) is 10.8. The quantitative estimate of drug-likeness (QED) is 0.199. The summed E-state index contributed by atoms with van der Waals surface area (Å²) in [6.07, 6.45) is 3.66. The van der Waals surface area contributed by atoms with Crippen molar-refractivity contribution in [1.82, 2.24) is 5.32 Å². The fraction of sp³-hybridized carbons (Fsp3) is 0.732. The first kappa shape index (κ1) is 39.6. The molecule has 11 nitrogen and oxygen atoms in total. The van der Waals surface area contributed by atoms with Gasteiger partial charge in [-0.1, -0.05) is 51.1 Å². The van der Waals surface area contributed by atoms with Crippen molar-refractivity contribution in [2.24, 2.45) is 46.3 Å². The van der Waals surface area contributed by atoms with Crippen molar-refractivity contribution in [1.29, 1.82) is 0 Å². The summed E-state index contributed by atoms with van der Waals surface area (Å²) >= 11 is 0. The molecule has 0 radical (unpaired) electrons. The van der Waals surface area contributed by atoms with E-state index in [0.717, 1.165) is 24.8 Å². The van der Waals surface area contributed by atoms with Gasteiger partial charge < -0.3 is 29.0 Å². The topological polar surface area (TPSA) is 144 Å². The Labute approximate surface area is 308 Å². The van der Waals surface area contributed by atoms with E-state index in [0.29, 0.717) is 25.7 Å². The molecule has 288 valence electrons. The lowest BCUT2D eigenvalue weighted by molar-refractivity contribution is -0.224. The van der Waals surface area contributed by atoms with Gasteiger partial charge in [0.25, 0.3) is 0 Å². The molecule has 52 heavy (non-hydrogen) atoms. The highest BCUT2D eigenvalue weighted by atomic mass is 16.6. The Morgan fingerprint density at radius 1 is 0.865 bits per heavy atom. The maximum atomic E-state index is 13.1. The molecule has 0 unspecified atom stereocenters. The number of alkyl carbamates (subject to hydrolysis) is 1. The lowest BCUT2D eigenvalue weighted by atomic mass is 9.43. The van der Waals surface area contributed by atoms with Crippen LogP contribution >= 0.6 is 0 Å². The SMILES string of the molecule is CC(=O)O[C@H]1C[C@H]2[C@@H]([C@H](OC(C)=O)C[C@@H]3C[C@H](OC(=O)CNC(=O)OC(C)(C)C)CC[C@@]32C)[C@@H]2CC[C@H]([C@H](C)CC(=O)OCc3ccccc3)[C@@]12C. The Morgan fingerprint density at radius 2 is 1.56 bits per heavy atom. The number of amides is 1. The van der Waals surface area contributed by atoms with E-state index in [1.807, 2.05) is 30.3 Å². The van der Waals surface area contributed by atoms with Gasteiger partial charge in [0.2, 0.25) is 0 Å². The molecule has 4 aliphatic carbocycles. The third-order valence-electron chi connectivity index (χ3n) is 12.9. The van der Waals surface area contributed by atoms with Gasteiger partial charge in [0.15, 0.2) is 0 Å². The monoisotopic (exact) mass is 725 g/mol. The summed E-state index contributed by atoms with van der Waals surface area (Å²) in [4.78, 5) is 63.3. The van der Waals surface area contributed by atoms with Gasteiger partial charge in [-0.2, -0.15) is 0 Å². The second-order valence-electron chi connectivity index (χ2n) is 17.3. The summed E-state index contributed by atoms with van der Waals surface area (Å²) in [6, 6.07) is 9.63. The van der Waals surface area contributed by atoms with Crippen LogP contribution in [-0.4, -0.2) is 60.4 Å². The number of nitrogens with one attached hydrogen (secondary N) is 1. The molecule has 0 saturated heterocycles. The maximum Gasteiger partial charge on any atom is 0.408 e. The van der Waals surface area contributed by atoms with E-state index in [2.05, 4.69) is 26.1 Å². The van der Waals surface area contributed by atoms with Gasteiger partial charge in [0.05, 0.1) is 0 Å². The van der Waals surface area contributed by atoms with Gasteiger partial charge in [-0.25, -0.2) is 4.79 Å². The molecule has 0 aromatic heterocycles. The number of carbonyl (C=O) groups is 5. The zero-order valence-electron chi connectivity index (χ0n) is 32.2. The molecule has 0 heterocycles. The zero-order chi connectivity index (χ0) is 38.0. The minimum atomic E-state index is -0.682. The van der Waals surface area contributed by atoms with Gasteiger partial charge in [0.1, 0.15) is 37.1 Å². The number of esters is 4. The standard InChI is InChI=1S/C41H59NO10/c1-24(18-35(45)48-23-27-12-10-9-11-13-27)30-14-15-31-37-32(21-34(41(30,31)8)50-26(3)44)40(7)17-16-29(19-28(40)20-33(37)49-25(2)43)51-36(46)22-42-38(47)52-39(4,5)6/h9-13,24,28-34,37H,14-23H2,1-8H3,(H,42,47)/t24-,28+,29-,30-,31+,32+,33-,34+,37+,40+,41-/m1/s1. The number of benzene rings is 1. The predicted octanol–water partition coefficient (Wildman–Crippen LogP) is 6.93. The molecule has 1 N–H and O–H groups in total. The fourth-order valence-corrected chi connectivity index (χ4v) is 10.8. The number of fused-ring (bicyclic) bond motifs is 5. The van der Waals surface area contributed by atoms with Crippen LogP contribution < -0.4 is 5.32 Å². The Morgan fingerprint density at radius 3 is 2.21 bits per heavy atom. The molecule has 4 aliphatic rings. The number of carbonyl (C=O) groups excluding carboxylic acids is 5. The summed E-state index contributed by atoms with van der Waals surface area (Å²) in [6.45, 7) is 14.8. The van der Waals surface area contributed by atoms with E-state index in [9.17, 15) is 24.0 Å². The van der Waals surface area contributed by atoms with Gasteiger partial charge in [-0.05, 0) is 106 Å². The molecule has 4 saturated carbocycles. The van der Waals surface area contributed by atoms with E-state index in [-0.39, 0.29) is 96.7 Å². The van der Waals surface area contributed by atoms with Crippen LogP contribution in [0.1, 0.15) is 112 Å². The molecule has 1 aromatic rings. The largest absolute Gasteiger partial charge is 0.462 e. The molecular formula is C41H59NO10. The molecule has 11 atom stereocenters. The Kier molecular flexibility index (Phi) is 12.0. The van der Waals surface area contributed by atoms with Crippen LogP contribution in [0.4, 0.5) is 4.79 Å². The van der Waals surface area contributed by atoms with Crippen LogP contribution in [0.2, 0.25) is 0 Å². The van der Waals surface area contributed by atoms with Crippen molar-refractivity contribution in [3.8, 4) is 0 Å². The Hall–Kier alpha value is -3.63. The van der Waals surface area contributed by atoms with E-state index < -0.39 is 23.1 Å². The number of ether oxygens (including phenoxy) is 5. The van der Waals surface area contributed by atoms with E-state index >= 15 is 0 Å². The first-order chi connectivity index (χ1) is 24.4. The first-order valence-corrected chi connectivity index (χ1v) is 19.1. The van der Waals surface area contributed by atoms with Crippen LogP contribution in [0, 0.1) is 46.3 Å². The summed E-state index contributed by atoms with van der Waals surface area (Å²) in [5.74, 6) is -0.966. The third-order valence-corrected chi connectivity index (χ3v) is 12.9. The molecule has 11 heteroatoms. The van der Waals surface area contributed by atoms with Gasteiger partial charge in [-0.15, -0.1) is 0 Å². The van der Waals surface area contributed by atoms with Crippen LogP contribution in [0.5, 0.6) is 0 Å². The van der Waals surface area contributed by atoms with Crippen molar-refractivity contribution in [2.75, 3.05) is 6.54 Å². The van der Waals surface area contributed by atoms with Crippen molar-refractivity contribution in [3.05, 3.63) is 35.9 Å². The van der Waals surface area contributed by atoms with E-state index in [4.69, 9.17) is 23.7 Å². The second kappa shape index (κ2) is 15.8. The predicted molar refractivity (Wildman–Crippen MR) is 191 cm³/mol. The van der Waals surface area contributed by atoms with Crippen molar-refractivity contribution >= 4 is 30.0 Å². The zero-order valence-corrected chi connectivity index (χ0v) is 32.2. The van der Waals surface area contributed by atoms with Crippen molar-refractivity contribution < 1.29 is 47.7 Å². The average molecular weight is 726 g/mol. The lowest BCUT2D eigenvalue weighted by Crippen LogP contribution is -2.63. The van der Waals surface area contributed by atoms with Crippen LogP contribution in [0.3, 0.4) is 0 Å². The number of hydrogen-bond donors (Lipinski definition) is 1. The number of hydrogen-bond acceptors (Lipinski definition) is 10. The van der Waals surface area contributed by atoms with Gasteiger partial charge in [-0.3, -0.25) is 19.2 Å². The molecule has 0 aliphatic heterocycles. The Balaban J connectivity index is 1.32. The van der Waals surface area contributed by atoms with E-state index in [1.54, 1.807) is 20.8 Å². The molecular weight excluding hydrogens is 666 g/mol. The minimum absolute atomic E-state index is 0.0121. The second-order valence-corrected chi connectivity index (χ2v) is 17.3. The Bertz CT molecular complexity index is 1470. The highest BCUT2D eigenvalue weighted by molar-refractivity contribution is 5.78. The maximum absolute atomic E-state index is 13.1. The molecule has 4 fully saturated rings. The minimum Gasteiger partial charge on any atom is -0.462 e. The summed E-state index contributed by atoms with van der Waals surface area (Å²) in [7, 11) is 0. The molecule has 1 aromatic carbocycles. The summed E-state index contributed by atoms with van der Waals surface area (Å²) in [5.41, 5.74) is -0.337. The van der Waals surface area contributed by atoms with Crippen LogP contribution in [-0.2, 0) is 49.5 Å². The molecule has 0 spiro atoms. The summed E-state index contributed by atoms with van der Waals surface area (Å²) < 4.78 is 29.2. The van der Waals surface area contributed by atoms with Crippen LogP contribution in [0.15, 0.2) is 30.3 Å². The van der Waals surface area contributed by atoms with Gasteiger partial charge >= 0.3 is 30.0 Å². The lowest BCUT2D eigenvalue weighted by Gasteiger charge is -2.64. The van der Waals surface area contributed by atoms with Crippen molar-refractivity contribution in [2.45, 2.75) is 137 Å². The third kappa shape index (κ3) is 8.76. The molecule has 0 bridgehead atoms. The number of rotatable bonds is 10. The normalized spacial score (nSPS) is 34.3. The van der Waals surface area contributed by atoms with Crippen molar-refractivity contribution in [3.63, 3.8) is 0 Å². The van der Waals surface area contributed by atoms with Gasteiger partial charge in [0, 0.05) is 31.6 Å². The van der Waals surface area contributed by atoms with E-state index in [1.165, 1.54) is 13.8 Å². The smallest absolute Gasteiger partial charge is 0.408 e. The molecule has 5 rings (SSSR count).